The number of fused-ring (bicyclic) bond motifs is 2. The van der Waals surface area contributed by atoms with Gasteiger partial charge in [-0.25, -0.2) is 0 Å². The zero-order valence-electron chi connectivity index (χ0n) is 16.4. The van der Waals surface area contributed by atoms with Crippen LogP contribution in [-0.4, -0.2) is 59.1 Å². The third-order valence-electron chi connectivity index (χ3n) is 6.47. The lowest BCUT2D eigenvalue weighted by molar-refractivity contribution is -0.155. The molecule has 2 fully saturated rings. The van der Waals surface area contributed by atoms with Crippen LogP contribution in [-0.2, 0) is 21.6 Å². The Hall–Kier alpha value is -2.67. The van der Waals surface area contributed by atoms with E-state index in [9.17, 15) is 9.59 Å². The number of carbonyl (C=O) groups excluding carboxylic acids is 2. The standard InChI is InChI=1S/C22H25N3O4/c26-20(24-9-3-10-24)15-17-14-16-4-1-2-5-18(16)22(29-17)7-11-25(12-8-22)21(27)19-6-13-28-23-19/h1-2,4-6,13,17H,3,7-12,14-15H2. The first-order valence-corrected chi connectivity index (χ1v) is 10.4. The molecule has 29 heavy (non-hydrogen) atoms. The highest BCUT2D eigenvalue weighted by Crippen LogP contribution is 2.44. The molecule has 1 unspecified atom stereocenters. The fraction of sp³-hybridized carbons (Fsp3) is 0.500. The summed E-state index contributed by atoms with van der Waals surface area (Å²) in [6, 6.07) is 9.97. The Balaban J connectivity index is 1.34. The summed E-state index contributed by atoms with van der Waals surface area (Å²) in [5, 5.41) is 3.77. The van der Waals surface area contributed by atoms with Crippen molar-refractivity contribution in [3.63, 3.8) is 0 Å². The number of carbonyl (C=O) groups is 2. The van der Waals surface area contributed by atoms with Gasteiger partial charge < -0.3 is 19.1 Å². The van der Waals surface area contributed by atoms with Crippen LogP contribution >= 0.6 is 0 Å². The van der Waals surface area contributed by atoms with Crippen LogP contribution < -0.4 is 0 Å². The zero-order valence-corrected chi connectivity index (χ0v) is 16.4. The second-order valence-corrected chi connectivity index (χ2v) is 8.21. The minimum absolute atomic E-state index is 0.109. The average Bonchev–Trinajstić information content (AvgIpc) is 3.21. The molecule has 2 saturated heterocycles. The fourth-order valence-corrected chi connectivity index (χ4v) is 4.76. The maximum absolute atomic E-state index is 12.6. The van der Waals surface area contributed by atoms with Gasteiger partial charge in [-0.1, -0.05) is 29.4 Å². The van der Waals surface area contributed by atoms with Crippen molar-refractivity contribution in [3.8, 4) is 0 Å². The van der Waals surface area contributed by atoms with Crippen LogP contribution in [0.4, 0.5) is 0 Å². The first kappa shape index (κ1) is 18.4. The Morgan fingerprint density at radius 1 is 1.07 bits per heavy atom. The van der Waals surface area contributed by atoms with E-state index in [1.807, 2.05) is 15.9 Å². The van der Waals surface area contributed by atoms with E-state index in [4.69, 9.17) is 9.26 Å². The van der Waals surface area contributed by atoms with Gasteiger partial charge in [0.15, 0.2) is 5.69 Å². The van der Waals surface area contributed by atoms with Crippen molar-refractivity contribution in [1.82, 2.24) is 15.0 Å². The summed E-state index contributed by atoms with van der Waals surface area (Å²) < 4.78 is 11.4. The maximum atomic E-state index is 12.6. The van der Waals surface area contributed by atoms with Gasteiger partial charge in [0, 0.05) is 32.2 Å². The molecule has 7 nitrogen and oxygen atoms in total. The smallest absolute Gasteiger partial charge is 0.276 e. The van der Waals surface area contributed by atoms with Crippen molar-refractivity contribution in [3.05, 3.63) is 53.4 Å². The van der Waals surface area contributed by atoms with Gasteiger partial charge in [-0.3, -0.25) is 9.59 Å². The highest BCUT2D eigenvalue weighted by Gasteiger charge is 2.45. The molecule has 1 atom stereocenters. The summed E-state index contributed by atoms with van der Waals surface area (Å²) in [6.45, 7) is 2.92. The Kier molecular flexibility index (Phi) is 4.62. The number of aromatic nitrogens is 1. The van der Waals surface area contributed by atoms with Gasteiger partial charge in [0.2, 0.25) is 5.91 Å². The van der Waals surface area contributed by atoms with Gasteiger partial charge in [-0.15, -0.1) is 0 Å². The first-order chi connectivity index (χ1) is 14.1. The van der Waals surface area contributed by atoms with Gasteiger partial charge in [0.1, 0.15) is 6.26 Å². The lowest BCUT2D eigenvalue weighted by atomic mass is 9.77. The Labute approximate surface area is 169 Å². The molecular weight excluding hydrogens is 370 g/mol. The molecule has 1 spiro atoms. The topological polar surface area (TPSA) is 75.9 Å². The van der Waals surface area contributed by atoms with E-state index in [2.05, 4.69) is 23.4 Å². The van der Waals surface area contributed by atoms with Gasteiger partial charge >= 0.3 is 0 Å². The zero-order chi connectivity index (χ0) is 19.8. The molecule has 7 heteroatoms. The molecule has 1 aromatic carbocycles. The molecule has 3 aliphatic heterocycles. The molecule has 0 radical (unpaired) electrons. The van der Waals surface area contributed by atoms with Crippen molar-refractivity contribution in [2.75, 3.05) is 26.2 Å². The lowest BCUT2D eigenvalue weighted by Crippen LogP contribution is -2.51. The highest BCUT2D eigenvalue weighted by atomic mass is 16.5. The third kappa shape index (κ3) is 3.33. The predicted molar refractivity (Wildman–Crippen MR) is 104 cm³/mol. The van der Waals surface area contributed by atoms with E-state index in [0.29, 0.717) is 38.0 Å². The first-order valence-electron chi connectivity index (χ1n) is 10.4. The molecule has 1 aromatic heterocycles. The summed E-state index contributed by atoms with van der Waals surface area (Å²) in [5.74, 6) is 0.0802. The quantitative estimate of drug-likeness (QED) is 0.798. The van der Waals surface area contributed by atoms with Crippen LogP contribution in [0.3, 0.4) is 0 Å². The van der Waals surface area contributed by atoms with Crippen LogP contribution in [0.5, 0.6) is 0 Å². The van der Waals surface area contributed by atoms with Crippen molar-refractivity contribution in [1.29, 1.82) is 0 Å². The molecule has 3 aliphatic rings. The summed E-state index contributed by atoms with van der Waals surface area (Å²) in [4.78, 5) is 28.9. The molecule has 0 bridgehead atoms. The van der Waals surface area contributed by atoms with E-state index < -0.39 is 5.60 Å². The summed E-state index contributed by atoms with van der Waals surface area (Å²) in [5.41, 5.74) is 2.37. The summed E-state index contributed by atoms with van der Waals surface area (Å²) in [6.07, 6.45) is 5.01. The van der Waals surface area contributed by atoms with Crippen LogP contribution in [0, 0.1) is 0 Å². The normalized spacial score (nSPS) is 22.8. The second-order valence-electron chi connectivity index (χ2n) is 8.21. The maximum Gasteiger partial charge on any atom is 0.276 e. The van der Waals surface area contributed by atoms with Crippen molar-refractivity contribution >= 4 is 11.8 Å². The van der Waals surface area contributed by atoms with Gasteiger partial charge in [-0.05, 0) is 36.8 Å². The van der Waals surface area contributed by atoms with E-state index in [1.54, 1.807) is 6.07 Å². The van der Waals surface area contributed by atoms with Crippen LogP contribution in [0.1, 0.15) is 47.3 Å². The molecule has 5 rings (SSSR count). The van der Waals surface area contributed by atoms with Crippen LogP contribution in [0.15, 0.2) is 41.1 Å². The Bertz CT molecular complexity index is 899. The average molecular weight is 395 g/mol. The summed E-state index contributed by atoms with van der Waals surface area (Å²) in [7, 11) is 0. The van der Waals surface area contributed by atoms with Crippen LogP contribution in [0.25, 0.3) is 0 Å². The number of likely N-dealkylation sites (tertiary alicyclic amines) is 2. The third-order valence-corrected chi connectivity index (χ3v) is 6.47. The van der Waals surface area contributed by atoms with Crippen molar-refractivity contribution < 1.29 is 18.8 Å². The van der Waals surface area contributed by atoms with Crippen LogP contribution in [0.2, 0.25) is 0 Å². The molecule has 2 amide bonds. The van der Waals surface area contributed by atoms with E-state index in [-0.39, 0.29) is 17.9 Å². The number of ether oxygens (including phenoxy) is 1. The number of amides is 2. The predicted octanol–water partition coefficient (Wildman–Crippen LogP) is 2.37. The Morgan fingerprint density at radius 3 is 2.55 bits per heavy atom. The largest absolute Gasteiger partial charge is 0.366 e. The lowest BCUT2D eigenvalue weighted by Gasteiger charge is -2.47. The Morgan fingerprint density at radius 2 is 1.86 bits per heavy atom. The number of rotatable bonds is 3. The summed E-state index contributed by atoms with van der Waals surface area (Å²) >= 11 is 0. The molecular formula is C22H25N3O4. The monoisotopic (exact) mass is 395 g/mol. The van der Waals surface area contributed by atoms with E-state index in [0.717, 1.165) is 25.9 Å². The van der Waals surface area contributed by atoms with Crippen molar-refractivity contribution in [2.24, 2.45) is 0 Å². The van der Waals surface area contributed by atoms with E-state index >= 15 is 0 Å². The molecule has 0 N–H and O–H groups in total. The number of hydrogen-bond acceptors (Lipinski definition) is 5. The number of hydrogen-bond donors (Lipinski definition) is 0. The molecule has 0 saturated carbocycles. The number of piperidine rings is 1. The minimum atomic E-state index is -0.435. The molecule has 152 valence electrons. The number of benzene rings is 1. The van der Waals surface area contributed by atoms with E-state index in [1.165, 1.54) is 17.4 Å². The molecule has 4 heterocycles. The highest BCUT2D eigenvalue weighted by molar-refractivity contribution is 5.92. The minimum Gasteiger partial charge on any atom is -0.366 e. The SMILES string of the molecule is O=C(CC1Cc2ccccc2C2(CCN(C(=O)c3ccon3)CC2)O1)N1CCC1. The van der Waals surface area contributed by atoms with Gasteiger partial charge in [-0.2, -0.15) is 0 Å². The van der Waals surface area contributed by atoms with Gasteiger partial charge in [0.05, 0.1) is 18.1 Å². The molecule has 2 aromatic rings. The number of nitrogens with zero attached hydrogens (tertiary/aromatic N) is 3. The fourth-order valence-electron chi connectivity index (χ4n) is 4.76. The van der Waals surface area contributed by atoms with Gasteiger partial charge in [0.25, 0.3) is 5.91 Å². The molecule has 0 aliphatic carbocycles. The van der Waals surface area contributed by atoms with Crippen molar-refractivity contribution in [2.45, 2.75) is 43.8 Å². The second kappa shape index (κ2) is 7.30.